The number of amides is 2. The van der Waals surface area contributed by atoms with Crippen molar-refractivity contribution < 1.29 is 23.8 Å². The van der Waals surface area contributed by atoms with Gasteiger partial charge in [0, 0.05) is 28.7 Å². The topological polar surface area (TPSA) is 89.5 Å². The van der Waals surface area contributed by atoms with E-state index in [0.717, 1.165) is 10.2 Å². The zero-order chi connectivity index (χ0) is 21.7. The van der Waals surface area contributed by atoms with Crippen LogP contribution in [0.2, 0.25) is 0 Å². The van der Waals surface area contributed by atoms with Crippen molar-refractivity contribution in [2.75, 3.05) is 32.8 Å². The molecule has 9 heteroatoms. The standard InChI is InChI=1S/C21H22BrN3O5/c1-28-17-8-13(9-18(29-2)20(17)30-3)11-23-24-21(27)14-10-19(26)25(12-14)16-6-4-15(22)5-7-16/h4-9,11,14H,10,12H2,1-3H3,(H,24,27)/b23-11+. The van der Waals surface area contributed by atoms with Crippen LogP contribution in [0.15, 0.2) is 46.0 Å². The van der Waals surface area contributed by atoms with E-state index in [1.807, 2.05) is 24.3 Å². The van der Waals surface area contributed by atoms with Crippen LogP contribution in [0, 0.1) is 5.92 Å². The Morgan fingerprint density at radius 3 is 2.33 bits per heavy atom. The summed E-state index contributed by atoms with van der Waals surface area (Å²) in [5, 5.41) is 4.01. The Morgan fingerprint density at radius 1 is 1.13 bits per heavy atom. The second-order valence-corrected chi connectivity index (χ2v) is 7.49. The predicted octanol–water partition coefficient (Wildman–Crippen LogP) is 2.98. The van der Waals surface area contributed by atoms with Gasteiger partial charge in [-0.3, -0.25) is 9.59 Å². The molecule has 0 saturated carbocycles. The molecule has 0 radical (unpaired) electrons. The van der Waals surface area contributed by atoms with E-state index in [-0.39, 0.29) is 18.2 Å². The first-order valence-electron chi connectivity index (χ1n) is 9.15. The molecule has 2 aromatic carbocycles. The molecule has 2 amide bonds. The first-order chi connectivity index (χ1) is 14.5. The summed E-state index contributed by atoms with van der Waals surface area (Å²) < 4.78 is 16.8. The maximum absolute atomic E-state index is 12.5. The lowest BCUT2D eigenvalue weighted by Gasteiger charge is -2.16. The van der Waals surface area contributed by atoms with Crippen LogP contribution in [0.3, 0.4) is 0 Å². The minimum atomic E-state index is -0.474. The molecule has 1 aliphatic rings. The lowest BCUT2D eigenvalue weighted by atomic mass is 10.1. The Morgan fingerprint density at radius 2 is 1.77 bits per heavy atom. The maximum Gasteiger partial charge on any atom is 0.245 e. The molecule has 3 rings (SSSR count). The molecule has 1 atom stereocenters. The first kappa shape index (κ1) is 21.6. The summed E-state index contributed by atoms with van der Waals surface area (Å²) in [7, 11) is 4.57. The molecular weight excluding hydrogens is 454 g/mol. The number of carbonyl (C=O) groups is 2. The summed E-state index contributed by atoms with van der Waals surface area (Å²) in [6, 6.07) is 10.8. The van der Waals surface area contributed by atoms with E-state index < -0.39 is 5.92 Å². The van der Waals surface area contributed by atoms with Crippen LogP contribution in [-0.2, 0) is 9.59 Å². The third-order valence-corrected chi connectivity index (χ3v) is 5.24. The number of halogens is 1. The van der Waals surface area contributed by atoms with Gasteiger partial charge in [-0.25, -0.2) is 5.43 Å². The summed E-state index contributed by atoms with van der Waals surface area (Å²) in [6.07, 6.45) is 1.62. The molecule has 2 aromatic rings. The zero-order valence-electron chi connectivity index (χ0n) is 16.8. The number of ether oxygens (including phenoxy) is 3. The van der Waals surface area contributed by atoms with Crippen LogP contribution < -0.4 is 24.5 Å². The van der Waals surface area contributed by atoms with Gasteiger partial charge in [0.05, 0.1) is 33.5 Å². The largest absolute Gasteiger partial charge is 0.493 e. The van der Waals surface area contributed by atoms with E-state index in [1.54, 1.807) is 17.0 Å². The third-order valence-electron chi connectivity index (χ3n) is 4.71. The quantitative estimate of drug-likeness (QED) is 0.491. The van der Waals surface area contributed by atoms with E-state index in [0.29, 0.717) is 29.4 Å². The average molecular weight is 476 g/mol. The molecule has 1 aliphatic heterocycles. The number of benzene rings is 2. The van der Waals surface area contributed by atoms with Crippen molar-refractivity contribution in [2.45, 2.75) is 6.42 Å². The maximum atomic E-state index is 12.5. The normalized spacial score (nSPS) is 16.1. The monoisotopic (exact) mass is 475 g/mol. The van der Waals surface area contributed by atoms with Gasteiger partial charge >= 0.3 is 0 Å². The summed E-state index contributed by atoms with van der Waals surface area (Å²) >= 11 is 3.37. The highest BCUT2D eigenvalue weighted by atomic mass is 79.9. The van der Waals surface area contributed by atoms with Gasteiger partial charge in [0.2, 0.25) is 17.6 Å². The van der Waals surface area contributed by atoms with Gasteiger partial charge in [0.15, 0.2) is 11.5 Å². The molecule has 1 saturated heterocycles. The fraction of sp³-hybridized carbons (Fsp3) is 0.286. The minimum absolute atomic E-state index is 0.0916. The van der Waals surface area contributed by atoms with E-state index in [1.165, 1.54) is 27.5 Å². The van der Waals surface area contributed by atoms with Crippen molar-refractivity contribution in [1.82, 2.24) is 5.43 Å². The highest BCUT2D eigenvalue weighted by Crippen LogP contribution is 2.37. The number of hydrogen-bond acceptors (Lipinski definition) is 6. The smallest absolute Gasteiger partial charge is 0.245 e. The number of anilines is 1. The number of carbonyl (C=O) groups excluding carboxylic acids is 2. The summed E-state index contributed by atoms with van der Waals surface area (Å²) in [4.78, 5) is 26.4. The van der Waals surface area contributed by atoms with E-state index >= 15 is 0 Å². The van der Waals surface area contributed by atoms with Gasteiger partial charge in [-0.15, -0.1) is 0 Å². The van der Waals surface area contributed by atoms with E-state index in [2.05, 4.69) is 26.5 Å². The van der Waals surface area contributed by atoms with Gasteiger partial charge in [-0.05, 0) is 36.4 Å². The molecule has 158 valence electrons. The Kier molecular flexibility index (Phi) is 6.94. The summed E-state index contributed by atoms with van der Waals surface area (Å²) in [5.74, 6) is 0.557. The molecule has 0 aliphatic carbocycles. The van der Waals surface area contributed by atoms with Crippen LogP contribution in [0.1, 0.15) is 12.0 Å². The van der Waals surface area contributed by atoms with Crippen molar-refractivity contribution in [1.29, 1.82) is 0 Å². The van der Waals surface area contributed by atoms with Crippen molar-refractivity contribution in [2.24, 2.45) is 11.0 Å². The van der Waals surface area contributed by atoms with Gasteiger partial charge in [0.1, 0.15) is 0 Å². The lowest BCUT2D eigenvalue weighted by molar-refractivity contribution is -0.126. The highest BCUT2D eigenvalue weighted by Gasteiger charge is 2.35. The van der Waals surface area contributed by atoms with Crippen molar-refractivity contribution in [3.8, 4) is 17.2 Å². The third kappa shape index (κ3) is 4.73. The summed E-state index contributed by atoms with van der Waals surface area (Å²) in [6.45, 7) is 0.312. The number of rotatable bonds is 7. The van der Waals surface area contributed by atoms with Gasteiger partial charge in [0.25, 0.3) is 0 Å². The number of nitrogens with zero attached hydrogens (tertiary/aromatic N) is 2. The Bertz CT molecular complexity index is 937. The van der Waals surface area contributed by atoms with Crippen molar-refractivity contribution >= 4 is 39.6 Å². The second kappa shape index (κ2) is 9.62. The van der Waals surface area contributed by atoms with Crippen LogP contribution in [0.4, 0.5) is 5.69 Å². The average Bonchev–Trinajstić information content (AvgIpc) is 3.15. The molecule has 0 spiro atoms. The molecule has 0 bridgehead atoms. The van der Waals surface area contributed by atoms with Crippen LogP contribution in [-0.4, -0.2) is 45.9 Å². The number of nitrogens with one attached hydrogen (secondary N) is 1. The molecule has 8 nitrogen and oxygen atoms in total. The number of hydrogen-bond donors (Lipinski definition) is 1. The van der Waals surface area contributed by atoms with E-state index in [4.69, 9.17) is 14.2 Å². The summed E-state index contributed by atoms with van der Waals surface area (Å²) in [5.41, 5.74) is 3.93. The van der Waals surface area contributed by atoms with Gasteiger partial charge in [-0.2, -0.15) is 5.10 Å². The second-order valence-electron chi connectivity index (χ2n) is 6.57. The van der Waals surface area contributed by atoms with Gasteiger partial charge in [-0.1, -0.05) is 15.9 Å². The molecule has 30 heavy (non-hydrogen) atoms. The predicted molar refractivity (Wildman–Crippen MR) is 116 cm³/mol. The molecule has 1 heterocycles. The fourth-order valence-electron chi connectivity index (χ4n) is 3.19. The Balaban J connectivity index is 1.65. The molecule has 1 unspecified atom stereocenters. The first-order valence-corrected chi connectivity index (χ1v) is 9.95. The van der Waals surface area contributed by atoms with Crippen LogP contribution in [0.25, 0.3) is 0 Å². The zero-order valence-corrected chi connectivity index (χ0v) is 18.4. The Hall–Kier alpha value is -3.07. The SMILES string of the molecule is COc1cc(/C=N/NC(=O)C2CC(=O)N(c3ccc(Br)cc3)C2)cc(OC)c1OC. The van der Waals surface area contributed by atoms with Crippen molar-refractivity contribution in [3.05, 3.63) is 46.4 Å². The molecular formula is C21H22BrN3O5. The lowest BCUT2D eigenvalue weighted by Crippen LogP contribution is -2.30. The Labute approximate surface area is 182 Å². The highest BCUT2D eigenvalue weighted by molar-refractivity contribution is 9.10. The van der Waals surface area contributed by atoms with E-state index in [9.17, 15) is 9.59 Å². The number of methoxy groups -OCH3 is 3. The van der Waals surface area contributed by atoms with Gasteiger partial charge < -0.3 is 19.1 Å². The molecule has 1 fully saturated rings. The molecule has 0 aromatic heterocycles. The van der Waals surface area contributed by atoms with Crippen molar-refractivity contribution in [3.63, 3.8) is 0 Å². The molecule has 1 N–H and O–H groups in total. The number of hydrazone groups is 1. The minimum Gasteiger partial charge on any atom is -0.493 e. The van der Waals surface area contributed by atoms with Crippen LogP contribution in [0.5, 0.6) is 17.2 Å². The van der Waals surface area contributed by atoms with Crippen LogP contribution >= 0.6 is 15.9 Å². The fourth-order valence-corrected chi connectivity index (χ4v) is 3.46.